The highest BCUT2D eigenvalue weighted by Crippen LogP contribution is 2.30. The molecular formula is C13H15NO5. The van der Waals surface area contributed by atoms with Crippen LogP contribution in [0.2, 0.25) is 0 Å². The highest BCUT2D eigenvalue weighted by molar-refractivity contribution is 5.86. The summed E-state index contributed by atoms with van der Waals surface area (Å²) >= 11 is 0. The second-order valence-corrected chi connectivity index (χ2v) is 4.30. The fourth-order valence-corrected chi connectivity index (χ4v) is 2.10. The minimum absolute atomic E-state index is 0.123. The number of morpholine rings is 1. The summed E-state index contributed by atoms with van der Waals surface area (Å²) in [5.41, 5.74) is 0.672. The van der Waals surface area contributed by atoms with Crippen molar-refractivity contribution in [2.45, 2.75) is 12.1 Å². The van der Waals surface area contributed by atoms with Crippen LogP contribution in [0.3, 0.4) is 0 Å². The largest absolute Gasteiger partial charge is 0.497 e. The minimum Gasteiger partial charge on any atom is -0.497 e. The number of nitrogens with zero attached hydrogens (tertiary/aromatic N) is 1. The van der Waals surface area contributed by atoms with Gasteiger partial charge in [-0.3, -0.25) is 4.79 Å². The zero-order chi connectivity index (χ0) is 14.0. The lowest BCUT2D eigenvalue weighted by Crippen LogP contribution is -2.52. The maximum atomic E-state index is 11.5. The topological polar surface area (TPSA) is 76.1 Å². The second kappa shape index (κ2) is 5.27. The van der Waals surface area contributed by atoms with E-state index < -0.39 is 18.1 Å². The van der Waals surface area contributed by atoms with Crippen molar-refractivity contribution in [3.05, 3.63) is 29.8 Å². The Morgan fingerprint density at radius 1 is 1.53 bits per heavy atom. The Bertz CT molecular complexity index is 502. The minimum atomic E-state index is -1.09. The third-order valence-corrected chi connectivity index (χ3v) is 3.16. The molecule has 1 amide bonds. The second-order valence-electron chi connectivity index (χ2n) is 4.30. The van der Waals surface area contributed by atoms with Crippen molar-refractivity contribution in [2.24, 2.45) is 0 Å². The number of carbonyl (C=O) groups is 2. The summed E-state index contributed by atoms with van der Waals surface area (Å²) in [6, 6.07) is 5.95. The van der Waals surface area contributed by atoms with Crippen molar-refractivity contribution in [1.82, 2.24) is 4.90 Å². The van der Waals surface area contributed by atoms with Gasteiger partial charge in [-0.1, -0.05) is 12.1 Å². The molecule has 1 aliphatic rings. The fraction of sp³-hybridized carbons (Fsp3) is 0.385. The van der Waals surface area contributed by atoms with Gasteiger partial charge in [-0.2, -0.15) is 0 Å². The Morgan fingerprint density at radius 3 is 2.89 bits per heavy atom. The van der Waals surface area contributed by atoms with E-state index in [1.807, 2.05) is 0 Å². The average molecular weight is 265 g/mol. The highest BCUT2D eigenvalue weighted by Gasteiger charge is 2.40. The first-order chi connectivity index (χ1) is 9.04. The fourth-order valence-electron chi connectivity index (χ4n) is 2.10. The number of methoxy groups -OCH3 is 1. The van der Waals surface area contributed by atoms with Gasteiger partial charge in [0.1, 0.15) is 18.5 Å². The third-order valence-electron chi connectivity index (χ3n) is 3.16. The van der Waals surface area contributed by atoms with E-state index in [1.165, 1.54) is 19.1 Å². The standard InChI is InChI=1S/C13H15NO5/c1-14-10(15)7-19-12(11(14)13(16)17)8-4-3-5-9(6-8)18-2/h3-6,11-12H,7H2,1-2H3,(H,16,17). The number of aliphatic carboxylic acids is 1. The molecule has 1 saturated heterocycles. The molecule has 0 radical (unpaired) electrons. The van der Waals surface area contributed by atoms with Crippen molar-refractivity contribution in [2.75, 3.05) is 20.8 Å². The number of hydrogen-bond acceptors (Lipinski definition) is 4. The molecular weight excluding hydrogens is 250 g/mol. The van der Waals surface area contributed by atoms with E-state index in [9.17, 15) is 14.7 Å². The summed E-state index contributed by atoms with van der Waals surface area (Å²) in [5.74, 6) is -0.820. The van der Waals surface area contributed by atoms with Gasteiger partial charge in [0.05, 0.1) is 7.11 Å². The number of likely N-dealkylation sites (N-methyl/N-ethyl adjacent to an activating group) is 1. The van der Waals surface area contributed by atoms with Gasteiger partial charge in [-0.25, -0.2) is 4.79 Å². The quantitative estimate of drug-likeness (QED) is 0.869. The maximum absolute atomic E-state index is 11.5. The molecule has 0 spiro atoms. The molecule has 2 rings (SSSR count). The van der Waals surface area contributed by atoms with Gasteiger partial charge in [0.25, 0.3) is 0 Å². The summed E-state index contributed by atoms with van der Waals surface area (Å²) in [6.45, 7) is -0.123. The van der Waals surface area contributed by atoms with Gasteiger partial charge in [0.2, 0.25) is 5.91 Å². The summed E-state index contributed by atoms with van der Waals surface area (Å²) in [6.07, 6.45) is -0.699. The van der Waals surface area contributed by atoms with Crippen molar-refractivity contribution >= 4 is 11.9 Å². The van der Waals surface area contributed by atoms with Crippen LogP contribution in [-0.2, 0) is 14.3 Å². The number of amides is 1. The van der Waals surface area contributed by atoms with Gasteiger partial charge >= 0.3 is 5.97 Å². The van der Waals surface area contributed by atoms with Gasteiger partial charge in [0.15, 0.2) is 6.04 Å². The van der Waals surface area contributed by atoms with Crippen LogP contribution in [0.1, 0.15) is 11.7 Å². The molecule has 0 aliphatic carbocycles. The van der Waals surface area contributed by atoms with Gasteiger partial charge in [-0.15, -0.1) is 0 Å². The van der Waals surface area contributed by atoms with E-state index in [4.69, 9.17) is 9.47 Å². The lowest BCUT2D eigenvalue weighted by molar-refractivity contribution is -0.169. The van der Waals surface area contributed by atoms with Crippen LogP contribution in [0.5, 0.6) is 5.75 Å². The molecule has 6 nitrogen and oxygen atoms in total. The number of carbonyl (C=O) groups excluding carboxylic acids is 1. The van der Waals surface area contributed by atoms with E-state index in [0.717, 1.165) is 0 Å². The smallest absolute Gasteiger partial charge is 0.329 e. The molecule has 1 aromatic carbocycles. The SMILES string of the molecule is COc1cccc(C2OCC(=O)N(C)C2C(=O)O)c1. The molecule has 0 saturated carbocycles. The number of carboxylic acids is 1. The normalized spacial score (nSPS) is 23.3. The predicted octanol–water partition coefficient (Wildman–Crippen LogP) is 0.678. The molecule has 1 N–H and O–H groups in total. The van der Waals surface area contributed by atoms with Crippen LogP contribution in [-0.4, -0.2) is 48.7 Å². The van der Waals surface area contributed by atoms with Crippen LogP contribution in [0.25, 0.3) is 0 Å². The summed E-state index contributed by atoms with van der Waals surface area (Å²) < 4.78 is 10.5. The molecule has 1 heterocycles. The number of carboxylic acid groups (broad SMARTS) is 1. The first-order valence-corrected chi connectivity index (χ1v) is 5.78. The van der Waals surface area contributed by atoms with Gasteiger partial charge in [0, 0.05) is 7.05 Å². The number of hydrogen-bond donors (Lipinski definition) is 1. The van der Waals surface area contributed by atoms with Crippen LogP contribution in [0.15, 0.2) is 24.3 Å². The molecule has 1 aliphatic heterocycles. The Morgan fingerprint density at radius 2 is 2.26 bits per heavy atom. The Balaban J connectivity index is 2.35. The average Bonchev–Trinajstić information content (AvgIpc) is 2.41. The van der Waals surface area contributed by atoms with Gasteiger partial charge in [-0.05, 0) is 17.7 Å². The number of ether oxygens (including phenoxy) is 2. The molecule has 6 heteroatoms. The highest BCUT2D eigenvalue weighted by atomic mass is 16.5. The molecule has 2 atom stereocenters. The van der Waals surface area contributed by atoms with Crippen LogP contribution in [0.4, 0.5) is 0 Å². The zero-order valence-corrected chi connectivity index (χ0v) is 10.7. The summed E-state index contributed by atoms with van der Waals surface area (Å²) in [7, 11) is 3.00. The molecule has 1 aromatic rings. The first kappa shape index (κ1) is 13.4. The number of rotatable bonds is 3. The molecule has 19 heavy (non-hydrogen) atoms. The molecule has 2 unspecified atom stereocenters. The van der Waals surface area contributed by atoms with Crippen molar-refractivity contribution in [1.29, 1.82) is 0 Å². The van der Waals surface area contributed by atoms with Crippen molar-refractivity contribution < 1.29 is 24.2 Å². The summed E-state index contributed by atoms with van der Waals surface area (Å²) in [5, 5.41) is 9.28. The summed E-state index contributed by atoms with van der Waals surface area (Å²) in [4.78, 5) is 24.1. The van der Waals surface area contributed by atoms with Crippen molar-refractivity contribution in [3.63, 3.8) is 0 Å². The Hall–Kier alpha value is -2.08. The van der Waals surface area contributed by atoms with Crippen LogP contribution in [0, 0.1) is 0 Å². The molecule has 0 aromatic heterocycles. The van der Waals surface area contributed by atoms with Crippen LogP contribution >= 0.6 is 0 Å². The molecule has 102 valence electrons. The Labute approximate surface area is 110 Å². The van der Waals surface area contributed by atoms with E-state index >= 15 is 0 Å². The van der Waals surface area contributed by atoms with Crippen LogP contribution < -0.4 is 4.74 Å². The van der Waals surface area contributed by atoms with E-state index in [1.54, 1.807) is 24.3 Å². The van der Waals surface area contributed by atoms with E-state index in [-0.39, 0.29) is 12.5 Å². The van der Waals surface area contributed by atoms with Crippen molar-refractivity contribution in [3.8, 4) is 5.75 Å². The predicted molar refractivity (Wildman–Crippen MR) is 65.9 cm³/mol. The lowest BCUT2D eigenvalue weighted by atomic mass is 9.99. The maximum Gasteiger partial charge on any atom is 0.329 e. The third kappa shape index (κ3) is 2.53. The Kier molecular flexibility index (Phi) is 3.71. The zero-order valence-electron chi connectivity index (χ0n) is 10.7. The number of benzene rings is 1. The van der Waals surface area contributed by atoms with E-state index in [0.29, 0.717) is 11.3 Å². The van der Waals surface area contributed by atoms with Gasteiger partial charge < -0.3 is 19.5 Å². The monoisotopic (exact) mass is 265 g/mol. The lowest BCUT2D eigenvalue weighted by Gasteiger charge is -2.36. The molecule has 1 fully saturated rings. The van der Waals surface area contributed by atoms with E-state index in [2.05, 4.69) is 0 Å². The first-order valence-electron chi connectivity index (χ1n) is 5.78. The molecule has 0 bridgehead atoms.